The van der Waals surface area contributed by atoms with Crippen molar-refractivity contribution in [2.75, 3.05) is 13.1 Å². The van der Waals surface area contributed by atoms with E-state index in [9.17, 15) is 9.90 Å². The third-order valence-electron chi connectivity index (χ3n) is 3.91. The van der Waals surface area contributed by atoms with Gasteiger partial charge in [0.25, 0.3) is 0 Å². The van der Waals surface area contributed by atoms with Gasteiger partial charge >= 0.3 is 6.09 Å². The van der Waals surface area contributed by atoms with Gasteiger partial charge in [-0.3, -0.25) is 0 Å². The topological polar surface area (TPSA) is 52.6 Å². The SMILES string of the molecule is CC(C)(C)[C@@H]1C(Cc2ccccc2)NCCN1C(=O)O. The molecule has 1 aromatic carbocycles. The van der Waals surface area contributed by atoms with Crippen molar-refractivity contribution >= 4 is 6.09 Å². The molecule has 1 heterocycles. The third-order valence-corrected chi connectivity index (χ3v) is 3.91. The van der Waals surface area contributed by atoms with Crippen LogP contribution in [0.2, 0.25) is 0 Å². The first-order valence-corrected chi connectivity index (χ1v) is 7.16. The third kappa shape index (κ3) is 3.31. The minimum absolute atomic E-state index is 0.0195. The molecule has 0 bridgehead atoms. The zero-order valence-corrected chi connectivity index (χ0v) is 12.5. The Balaban J connectivity index is 2.22. The Morgan fingerprint density at radius 3 is 2.55 bits per heavy atom. The van der Waals surface area contributed by atoms with Crippen molar-refractivity contribution in [2.45, 2.75) is 39.3 Å². The normalized spacial score (nSPS) is 23.6. The zero-order valence-electron chi connectivity index (χ0n) is 12.5. The van der Waals surface area contributed by atoms with Crippen molar-refractivity contribution in [2.24, 2.45) is 5.41 Å². The highest BCUT2D eigenvalue weighted by Crippen LogP contribution is 2.30. The summed E-state index contributed by atoms with van der Waals surface area (Å²) in [7, 11) is 0. The van der Waals surface area contributed by atoms with Crippen molar-refractivity contribution in [3.05, 3.63) is 35.9 Å². The molecule has 0 saturated carbocycles. The van der Waals surface area contributed by atoms with Crippen LogP contribution in [0.5, 0.6) is 0 Å². The number of nitrogens with zero attached hydrogens (tertiary/aromatic N) is 1. The van der Waals surface area contributed by atoms with Crippen molar-refractivity contribution in [1.82, 2.24) is 10.2 Å². The minimum Gasteiger partial charge on any atom is -0.465 e. The van der Waals surface area contributed by atoms with Gasteiger partial charge in [-0.1, -0.05) is 51.1 Å². The monoisotopic (exact) mass is 276 g/mol. The van der Waals surface area contributed by atoms with Crippen LogP contribution in [0, 0.1) is 5.41 Å². The molecule has 1 saturated heterocycles. The van der Waals surface area contributed by atoms with Crippen molar-refractivity contribution in [3.63, 3.8) is 0 Å². The Kier molecular flexibility index (Phi) is 4.33. The fourth-order valence-electron chi connectivity index (χ4n) is 3.18. The van der Waals surface area contributed by atoms with Crippen LogP contribution in [-0.4, -0.2) is 41.3 Å². The minimum atomic E-state index is -0.815. The number of hydrogen-bond acceptors (Lipinski definition) is 2. The summed E-state index contributed by atoms with van der Waals surface area (Å²) in [4.78, 5) is 13.1. The lowest BCUT2D eigenvalue weighted by Gasteiger charge is -2.47. The van der Waals surface area contributed by atoms with E-state index >= 15 is 0 Å². The van der Waals surface area contributed by atoms with Gasteiger partial charge in [-0.15, -0.1) is 0 Å². The number of amides is 1. The number of benzene rings is 1. The number of carboxylic acid groups (broad SMARTS) is 1. The van der Waals surface area contributed by atoms with Crippen molar-refractivity contribution < 1.29 is 9.90 Å². The van der Waals surface area contributed by atoms with Crippen LogP contribution in [0.4, 0.5) is 4.79 Å². The van der Waals surface area contributed by atoms with Gasteiger partial charge in [0.15, 0.2) is 0 Å². The standard InChI is InChI=1S/C16H24N2O2/c1-16(2,3)14-13(11-12-7-5-4-6-8-12)17-9-10-18(14)15(19)20/h4-8,13-14,17H,9-11H2,1-3H3,(H,19,20)/t13?,14-/m0/s1. The van der Waals surface area contributed by atoms with Crippen LogP contribution in [0.25, 0.3) is 0 Å². The average Bonchev–Trinajstić information content (AvgIpc) is 2.38. The van der Waals surface area contributed by atoms with Gasteiger partial charge in [-0.25, -0.2) is 4.79 Å². The maximum atomic E-state index is 11.5. The molecule has 0 radical (unpaired) electrons. The fraction of sp³-hybridized carbons (Fsp3) is 0.562. The van der Waals surface area contributed by atoms with E-state index in [4.69, 9.17) is 0 Å². The zero-order chi connectivity index (χ0) is 14.8. The first-order valence-electron chi connectivity index (χ1n) is 7.16. The summed E-state index contributed by atoms with van der Waals surface area (Å²) < 4.78 is 0. The van der Waals surface area contributed by atoms with E-state index in [2.05, 4.69) is 38.2 Å². The molecule has 1 aromatic rings. The molecule has 110 valence electrons. The summed E-state index contributed by atoms with van der Waals surface area (Å²) in [6, 6.07) is 10.4. The predicted molar refractivity (Wildman–Crippen MR) is 79.9 cm³/mol. The van der Waals surface area contributed by atoms with Gasteiger partial charge in [0.2, 0.25) is 0 Å². The smallest absolute Gasteiger partial charge is 0.407 e. The maximum absolute atomic E-state index is 11.5. The highest BCUT2D eigenvalue weighted by Gasteiger charge is 2.41. The van der Waals surface area contributed by atoms with Gasteiger partial charge in [0.1, 0.15) is 0 Å². The molecule has 0 aromatic heterocycles. The first-order chi connectivity index (χ1) is 9.39. The highest BCUT2D eigenvalue weighted by atomic mass is 16.4. The molecule has 1 amide bonds. The molecular formula is C16H24N2O2. The average molecular weight is 276 g/mol. The van der Waals surface area contributed by atoms with Crippen molar-refractivity contribution in [1.29, 1.82) is 0 Å². The molecule has 2 N–H and O–H groups in total. The van der Waals surface area contributed by atoms with Gasteiger partial charge in [-0.2, -0.15) is 0 Å². The van der Waals surface area contributed by atoms with Gasteiger partial charge < -0.3 is 15.3 Å². The van der Waals surface area contributed by atoms with Crippen LogP contribution in [0.15, 0.2) is 30.3 Å². The Morgan fingerprint density at radius 2 is 2.00 bits per heavy atom. The molecule has 1 aliphatic rings. The molecule has 1 aliphatic heterocycles. The molecule has 0 spiro atoms. The lowest BCUT2D eigenvalue weighted by molar-refractivity contribution is 0.0414. The second-order valence-corrected chi connectivity index (χ2v) is 6.54. The second kappa shape index (κ2) is 5.83. The molecule has 1 fully saturated rings. The second-order valence-electron chi connectivity index (χ2n) is 6.54. The van der Waals surface area contributed by atoms with Crippen LogP contribution in [-0.2, 0) is 6.42 Å². The maximum Gasteiger partial charge on any atom is 0.407 e. The molecular weight excluding hydrogens is 252 g/mol. The van der Waals surface area contributed by atoms with Crippen LogP contribution >= 0.6 is 0 Å². The van der Waals surface area contributed by atoms with E-state index in [0.29, 0.717) is 6.54 Å². The Labute approximate surface area is 120 Å². The summed E-state index contributed by atoms with van der Waals surface area (Å²) >= 11 is 0. The number of piperazine rings is 1. The van der Waals surface area contributed by atoms with Gasteiger partial charge in [-0.05, 0) is 17.4 Å². The van der Waals surface area contributed by atoms with E-state index in [-0.39, 0.29) is 17.5 Å². The predicted octanol–water partition coefficient (Wildman–Crippen LogP) is 2.60. The fourth-order valence-corrected chi connectivity index (χ4v) is 3.18. The Morgan fingerprint density at radius 1 is 1.35 bits per heavy atom. The highest BCUT2D eigenvalue weighted by molar-refractivity contribution is 5.66. The van der Waals surface area contributed by atoms with Crippen molar-refractivity contribution in [3.8, 4) is 0 Å². The summed E-state index contributed by atoms with van der Waals surface area (Å²) in [5.74, 6) is 0. The number of nitrogens with one attached hydrogen (secondary N) is 1. The molecule has 1 unspecified atom stereocenters. The lowest BCUT2D eigenvalue weighted by Crippen LogP contribution is -2.64. The largest absolute Gasteiger partial charge is 0.465 e. The number of hydrogen-bond donors (Lipinski definition) is 2. The molecule has 2 atom stereocenters. The molecule has 4 nitrogen and oxygen atoms in total. The summed E-state index contributed by atoms with van der Waals surface area (Å²) in [5, 5.41) is 13.0. The van der Waals surface area contributed by atoms with Crippen LogP contribution < -0.4 is 5.32 Å². The molecule has 0 aliphatic carbocycles. The molecule has 2 rings (SSSR count). The summed E-state index contributed by atoms with van der Waals surface area (Å²) in [6.45, 7) is 7.61. The Bertz CT molecular complexity index is 453. The lowest BCUT2D eigenvalue weighted by atomic mass is 9.78. The number of carbonyl (C=O) groups is 1. The quantitative estimate of drug-likeness (QED) is 0.873. The van der Waals surface area contributed by atoms with Crippen LogP contribution in [0.1, 0.15) is 26.3 Å². The Hall–Kier alpha value is -1.55. The van der Waals surface area contributed by atoms with E-state index < -0.39 is 6.09 Å². The van der Waals surface area contributed by atoms with E-state index in [1.165, 1.54) is 5.56 Å². The van der Waals surface area contributed by atoms with Gasteiger partial charge in [0.05, 0.1) is 6.04 Å². The number of rotatable bonds is 2. The molecule has 4 heteroatoms. The van der Waals surface area contributed by atoms with Gasteiger partial charge in [0, 0.05) is 19.1 Å². The van der Waals surface area contributed by atoms with Crippen LogP contribution in [0.3, 0.4) is 0 Å². The van der Waals surface area contributed by atoms with E-state index in [1.54, 1.807) is 4.90 Å². The van der Waals surface area contributed by atoms with E-state index in [1.807, 2.05) is 18.2 Å². The summed E-state index contributed by atoms with van der Waals surface area (Å²) in [5.41, 5.74) is 1.15. The first kappa shape index (κ1) is 14.9. The van der Waals surface area contributed by atoms with E-state index in [0.717, 1.165) is 13.0 Å². The summed E-state index contributed by atoms with van der Waals surface area (Å²) in [6.07, 6.45) is 0.0384. The molecule has 20 heavy (non-hydrogen) atoms.